The Morgan fingerprint density at radius 2 is 1.34 bits per heavy atom. The van der Waals surface area contributed by atoms with Crippen LogP contribution in [-0.2, 0) is 14.4 Å². The molecular formula is C26H46N2O4. The Morgan fingerprint density at radius 3 is 1.91 bits per heavy atom. The maximum Gasteiger partial charge on any atom is 0.326 e. The van der Waals surface area contributed by atoms with Gasteiger partial charge in [0.15, 0.2) is 0 Å². The minimum Gasteiger partial charge on any atom is -0.480 e. The summed E-state index contributed by atoms with van der Waals surface area (Å²) in [6.07, 6.45) is 21.8. The van der Waals surface area contributed by atoms with Gasteiger partial charge in [-0.15, -0.1) is 0 Å². The van der Waals surface area contributed by atoms with Crippen molar-refractivity contribution in [2.45, 2.75) is 117 Å². The van der Waals surface area contributed by atoms with E-state index in [9.17, 15) is 14.4 Å². The maximum absolute atomic E-state index is 12.1. The Hall–Kier alpha value is -2.11. The first-order chi connectivity index (χ1) is 15.3. The van der Waals surface area contributed by atoms with Gasteiger partial charge < -0.3 is 15.7 Å². The van der Waals surface area contributed by atoms with E-state index in [4.69, 9.17) is 5.11 Å². The van der Waals surface area contributed by atoms with Crippen molar-refractivity contribution in [2.24, 2.45) is 5.92 Å². The van der Waals surface area contributed by atoms with Crippen LogP contribution >= 0.6 is 0 Å². The molecule has 0 spiro atoms. The summed E-state index contributed by atoms with van der Waals surface area (Å²) in [5.41, 5.74) is 0. The van der Waals surface area contributed by atoms with Crippen molar-refractivity contribution in [1.29, 1.82) is 0 Å². The highest BCUT2D eigenvalue weighted by atomic mass is 16.4. The van der Waals surface area contributed by atoms with Gasteiger partial charge in [0.05, 0.1) is 0 Å². The highest BCUT2D eigenvalue weighted by Crippen LogP contribution is 2.08. The molecule has 0 bridgehead atoms. The Labute approximate surface area is 195 Å². The van der Waals surface area contributed by atoms with Crippen LogP contribution in [0, 0.1) is 5.92 Å². The summed E-state index contributed by atoms with van der Waals surface area (Å²) in [6, 6.07) is -1.70. The van der Waals surface area contributed by atoms with Crippen LogP contribution in [-0.4, -0.2) is 35.0 Å². The topological polar surface area (TPSA) is 95.5 Å². The number of unbranched alkanes of at least 4 members (excludes halogenated alkanes) is 8. The Morgan fingerprint density at radius 1 is 0.781 bits per heavy atom. The summed E-state index contributed by atoms with van der Waals surface area (Å²) >= 11 is 0. The van der Waals surface area contributed by atoms with Gasteiger partial charge in [-0.1, -0.05) is 77.2 Å². The van der Waals surface area contributed by atoms with Gasteiger partial charge in [-0.05, 0) is 51.4 Å². The van der Waals surface area contributed by atoms with Gasteiger partial charge in [-0.3, -0.25) is 9.59 Å². The van der Waals surface area contributed by atoms with Gasteiger partial charge in [-0.2, -0.15) is 0 Å². The second kappa shape index (κ2) is 19.6. The predicted octanol–water partition coefficient (Wildman–Crippen LogP) is 5.53. The summed E-state index contributed by atoms with van der Waals surface area (Å²) in [5.74, 6) is -1.95. The van der Waals surface area contributed by atoms with Crippen LogP contribution in [0.4, 0.5) is 0 Å². The van der Waals surface area contributed by atoms with E-state index < -0.39 is 24.0 Å². The first-order valence-corrected chi connectivity index (χ1v) is 12.4. The average Bonchev–Trinajstić information content (AvgIpc) is 2.73. The minimum atomic E-state index is -1.07. The smallest absolute Gasteiger partial charge is 0.326 e. The number of amides is 2. The Bertz CT molecular complexity index is 584. The number of hydrogen-bond acceptors (Lipinski definition) is 3. The molecule has 2 atom stereocenters. The van der Waals surface area contributed by atoms with Crippen LogP contribution in [0.25, 0.3) is 0 Å². The molecule has 0 saturated carbocycles. The van der Waals surface area contributed by atoms with E-state index in [1.54, 1.807) is 20.8 Å². The lowest BCUT2D eigenvalue weighted by Gasteiger charge is -2.21. The monoisotopic (exact) mass is 450 g/mol. The molecule has 0 aromatic rings. The third-order valence-electron chi connectivity index (χ3n) is 5.36. The van der Waals surface area contributed by atoms with Crippen molar-refractivity contribution in [2.75, 3.05) is 0 Å². The molecule has 0 heterocycles. The molecule has 0 aliphatic rings. The molecule has 0 aromatic carbocycles. The number of nitrogens with one attached hydrogen (secondary N) is 2. The fourth-order valence-electron chi connectivity index (χ4n) is 3.27. The normalized spacial score (nSPS) is 13.5. The third kappa shape index (κ3) is 16.6. The Kier molecular flexibility index (Phi) is 18.3. The van der Waals surface area contributed by atoms with Crippen molar-refractivity contribution in [3.05, 3.63) is 24.3 Å². The summed E-state index contributed by atoms with van der Waals surface area (Å²) < 4.78 is 0. The second-order valence-corrected chi connectivity index (χ2v) is 8.84. The zero-order valence-electron chi connectivity index (χ0n) is 20.7. The van der Waals surface area contributed by atoms with Gasteiger partial charge in [-0.25, -0.2) is 4.79 Å². The lowest BCUT2D eigenvalue weighted by Crippen LogP contribution is -2.52. The first-order valence-electron chi connectivity index (χ1n) is 12.4. The summed E-state index contributed by atoms with van der Waals surface area (Å²) in [4.78, 5) is 35.3. The lowest BCUT2D eigenvalue weighted by atomic mass is 10.0. The van der Waals surface area contributed by atoms with E-state index in [1.807, 2.05) is 0 Å². The summed E-state index contributed by atoms with van der Waals surface area (Å²) in [7, 11) is 0. The quantitative estimate of drug-likeness (QED) is 0.178. The fourth-order valence-corrected chi connectivity index (χ4v) is 3.27. The van der Waals surface area contributed by atoms with E-state index in [0.29, 0.717) is 6.42 Å². The van der Waals surface area contributed by atoms with Crippen LogP contribution in [0.2, 0.25) is 0 Å². The van der Waals surface area contributed by atoms with Crippen LogP contribution in [0.1, 0.15) is 105 Å². The Balaban J connectivity index is 3.75. The molecule has 0 rings (SSSR count). The highest BCUT2D eigenvalue weighted by Gasteiger charge is 2.26. The first kappa shape index (κ1) is 29.9. The number of hydrogen-bond donors (Lipinski definition) is 3. The molecule has 0 fully saturated rings. The van der Waals surface area contributed by atoms with Gasteiger partial charge in [0, 0.05) is 6.42 Å². The molecule has 0 radical (unpaired) electrons. The summed E-state index contributed by atoms with van der Waals surface area (Å²) in [5, 5.41) is 14.3. The number of carboxylic acid groups (broad SMARTS) is 1. The van der Waals surface area contributed by atoms with Crippen molar-refractivity contribution in [1.82, 2.24) is 10.6 Å². The second-order valence-electron chi connectivity index (χ2n) is 8.84. The molecule has 0 aliphatic heterocycles. The minimum absolute atomic E-state index is 0.172. The van der Waals surface area contributed by atoms with Gasteiger partial charge in [0.1, 0.15) is 12.1 Å². The molecule has 0 aliphatic carbocycles. The number of rotatable bonds is 19. The highest BCUT2D eigenvalue weighted by molar-refractivity contribution is 5.90. The molecule has 0 aromatic heterocycles. The molecule has 0 unspecified atom stereocenters. The van der Waals surface area contributed by atoms with Crippen molar-refractivity contribution in [3.8, 4) is 0 Å². The van der Waals surface area contributed by atoms with Gasteiger partial charge >= 0.3 is 5.97 Å². The van der Waals surface area contributed by atoms with Crippen LogP contribution in [0.15, 0.2) is 24.3 Å². The number of carboxylic acids is 1. The van der Waals surface area contributed by atoms with Crippen molar-refractivity contribution < 1.29 is 19.5 Å². The van der Waals surface area contributed by atoms with Crippen molar-refractivity contribution >= 4 is 17.8 Å². The standard InChI is InChI=1S/C26H46N2O4/c1-5-6-7-8-9-10-11-12-13-14-15-16-17-18-19-20-23(29)27-22(4)25(30)28-24(21(2)3)26(31)32/h9-10,12-13,21-22,24H,5-8,11,14-20H2,1-4H3,(H,27,29)(H,28,30)(H,31,32)/b10-9-,13-12-/t22-,24-/m0/s1. The largest absolute Gasteiger partial charge is 0.480 e. The molecule has 6 heteroatoms. The van der Waals surface area contributed by atoms with Gasteiger partial charge in [0.25, 0.3) is 0 Å². The average molecular weight is 451 g/mol. The molecule has 3 N–H and O–H groups in total. The van der Waals surface area contributed by atoms with Crippen LogP contribution in [0.3, 0.4) is 0 Å². The molecule has 32 heavy (non-hydrogen) atoms. The fraction of sp³-hybridized carbons (Fsp3) is 0.731. The van der Waals surface area contributed by atoms with Gasteiger partial charge in [0.2, 0.25) is 11.8 Å². The zero-order chi connectivity index (χ0) is 24.2. The molecule has 2 amide bonds. The third-order valence-corrected chi connectivity index (χ3v) is 5.36. The molecule has 0 saturated heterocycles. The van der Waals surface area contributed by atoms with Crippen LogP contribution in [0.5, 0.6) is 0 Å². The maximum atomic E-state index is 12.1. The van der Waals surface area contributed by atoms with E-state index in [-0.39, 0.29) is 11.8 Å². The van der Waals surface area contributed by atoms with E-state index in [2.05, 4.69) is 41.9 Å². The van der Waals surface area contributed by atoms with Crippen molar-refractivity contribution in [3.63, 3.8) is 0 Å². The predicted molar refractivity (Wildman–Crippen MR) is 131 cm³/mol. The van der Waals surface area contributed by atoms with Crippen LogP contribution < -0.4 is 10.6 Å². The lowest BCUT2D eigenvalue weighted by molar-refractivity contribution is -0.143. The molecule has 184 valence electrons. The summed E-state index contributed by atoms with van der Waals surface area (Å²) in [6.45, 7) is 7.25. The van der Waals surface area contributed by atoms with E-state index in [1.165, 1.54) is 32.1 Å². The number of carbonyl (C=O) groups is 3. The number of aliphatic carboxylic acids is 1. The van der Waals surface area contributed by atoms with E-state index in [0.717, 1.165) is 38.5 Å². The number of carbonyl (C=O) groups excluding carboxylic acids is 2. The zero-order valence-corrected chi connectivity index (χ0v) is 20.7. The molecule has 6 nitrogen and oxygen atoms in total. The molecular weight excluding hydrogens is 404 g/mol. The van der Waals surface area contributed by atoms with E-state index >= 15 is 0 Å². The SMILES string of the molecule is CCCCC/C=C\C/C=C\CCCCCCCC(=O)N[C@@H](C)C(=O)N[C@H](C(=O)O)C(C)C. The number of allylic oxidation sites excluding steroid dienone is 4.